The first-order valence-corrected chi connectivity index (χ1v) is 7.91. The van der Waals surface area contributed by atoms with Gasteiger partial charge in [-0.15, -0.1) is 11.8 Å². The molecular formula is C16H18N4O2S. The van der Waals surface area contributed by atoms with E-state index in [1.54, 1.807) is 30.5 Å². The Morgan fingerprint density at radius 3 is 2.57 bits per heavy atom. The van der Waals surface area contributed by atoms with Gasteiger partial charge < -0.3 is 16.0 Å². The van der Waals surface area contributed by atoms with Gasteiger partial charge in [0, 0.05) is 19.0 Å². The third kappa shape index (κ3) is 4.72. The second-order valence-electron chi connectivity index (χ2n) is 5.00. The summed E-state index contributed by atoms with van der Waals surface area (Å²) in [5.41, 5.74) is 6.58. The first kappa shape index (κ1) is 16.8. The molecule has 0 aliphatic heterocycles. The van der Waals surface area contributed by atoms with Gasteiger partial charge in [0.05, 0.1) is 23.2 Å². The van der Waals surface area contributed by atoms with Gasteiger partial charge in [-0.2, -0.15) is 0 Å². The number of nitrogens with zero attached hydrogens (tertiary/aromatic N) is 2. The van der Waals surface area contributed by atoms with E-state index >= 15 is 0 Å². The predicted octanol–water partition coefficient (Wildman–Crippen LogP) is 1.98. The van der Waals surface area contributed by atoms with Crippen LogP contribution in [-0.4, -0.2) is 36.6 Å². The molecular weight excluding hydrogens is 312 g/mol. The summed E-state index contributed by atoms with van der Waals surface area (Å²) < 4.78 is 0. The molecule has 1 heterocycles. The van der Waals surface area contributed by atoms with Gasteiger partial charge in [-0.25, -0.2) is 4.98 Å². The Kier molecular flexibility index (Phi) is 5.59. The maximum Gasteiger partial charge on any atom is 0.257 e. The number of carbonyl (C=O) groups is 2. The third-order valence-corrected chi connectivity index (χ3v) is 4.10. The number of benzene rings is 1. The fourth-order valence-electron chi connectivity index (χ4n) is 1.84. The number of hydrogen-bond donors (Lipinski definition) is 2. The lowest BCUT2D eigenvalue weighted by Gasteiger charge is -2.13. The molecule has 0 saturated carbocycles. The molecule has 0 fully saturated rings. The summed E-state index contributed by atoms with van der Waals surface area (Å²) in [6, 6.07) is 10.7. The van der Waals surface area contributed by atoms with E-state index in [0.29, 0.717) is 16.3 Å². The number of hydrogen-bond acceptors (Lipinski definition) is 5. The molecule has 23 heavy (non-hydrogen) atoms. The molecule has 2 amide bonds. The van der Waals surface area contributed by atoms with Crippen LogP contribution in [0.25, 0.3) is 0 Å². The quantitative estimate of drug-likeness (QED) is 0.791. The number of pyridine rings is 1. The van der Waals surface area contributed by atoms with Crippen LogP contribution < -0.4 is 16.0 Å². The van der Waals surface area contributed by atoms with Crippen molar-refractivity contribution in [1.82, 2.24) is 4.98 Å². The van der Waals surface area contributed by atoms with E-state index in [9.17, 15) is 9.59 Å². The van der Waals surface area contributed by atoms with Crippen molar-refractivity contribution in [2.75, 3.05) is 30.1 Å². The second kappa shape index (κ2) is 7.64. The smallest absolute Gasteiger partial charge is 0.257 e. The molecule has 0 aliphatic rings. The van der Waals surface area contributed by atoms with E-state index in [1.165, 1.54) is 11.8 Å². The van der Waals surface area contributed by atoms with Crippen LogP contribution in [0.3, 0.4) is 0 Å². The Morgan fingerprint density at radius 2 is 1.96 bits per heavy atom. The first-order valence-electron chi connectivity index (χ1n) is 6.92. The molecule has 6 nitrogen and oxygen atoms in total. The van der Waals surface area contributed by atoms with Crippen molar-refractivity contribution < 1.29 is 9.59 Å². The molecule has 7 heteroatoms. The zero-order chi connectivity index (χ0) is 16.8. The van der Waals surface area contributed by atoms with Crippen LogP contribution in [0.15, 0.2) is 47.5 Å². The lowest BCUT2D eigenvalue weighted by Crippen LogP contribution is -2.16. The monoisotopic (exact) mass is 330 g/mol. The van der Waals surface area contributed by atoms with Crippen LogP contribution in [0.5, 0.6) is 0 Å². The molecule has 1 aromatic carbocycles. The summed E-state index contributed by atoms with van der Waals surface area (Å²) in [5.74, 6) is -0.107. The summed E-state index contributed by atoms with van der Waals surface area (Å²) in [6.07, 6.45) is 1.68. The minimum Gasteiger partial charge on any atom is -0.376 e. The lowest BCUT2D eigenvalue weighted by atomic mass is 10.2. The zero-order valence-electron chi connectivity index (χ0n) is 12.9. The van der Waals surface area contributed by atoms with Crippen LogP contribution >= 0.6 is 11.8 Å². The van der Waals surface area contributed by atoms with Gasteiger partial charge >= 0.3 is 0 Å². The standard InChI is InChI=1S/C16H18N4O2S/c1-20(2)11-7-8-15(18-9-11)19-16(22)12-5-3-4-6-13(12)23-10-14(17)21/h3-9H,10H2,1-2H3,(H2,17,21)(H,18,19,22). The Bertz CT molecular complexity index is 701. The molecule has 0 radical (unpaired) electrons. The van der Waals surface area contributed by atoms with Crippen molar-refractivity contribution >= 4 is 35.1 Å². The summed E-state index contributed by atoms with van der Waals surface area (Å²) in [7, 11) is 3.84. The highest BCUT2D eigenvalue weighted by Crippen LogP contribution is 2.23. The third-order valence-electron chi connectivity index (χ3n) is 3.01. The number of anilines is 2. The van der Waals surface area contributed by atoms with Crippen LogP contribution in [0.4, 0.5) is 11.5 Å². The van der Waals surface area contributed by atoms with Gasteiger partial charge in [-0.3, -0.25) is 9.59 Å². The molecule has 0 bridgehead atoms. The average Bonchev–Trinajstić information content (AvgIpc) is 2.53. The van der Waals surface area contributed by atoms with Gasteiger partial charge in [0.2, 0.25) is 5.91 Å². The molecule has 2 aromatic rings. The van der Waals surface area contributed by atoms with E-state index in [4.69, 9.17) is 5.73 Å². The summed E-state index contributed by atoms with van der Waals surface area (Å²) in [4.78, 5) is 30.2. The summed E-state index contributed by atoms with van der Waals surface area (Å²) >= 11 is 1.24. The Morgan fingerprint density at radius 1 is 1.22 bits per heavy atom. The molecule has 0 unspecified atom stereocenters. The molecule has 0 saturated heterocycles. The van der Waals surface area contributed by atoms with Crippen LogP contribution in [0.1, 0.15) is 10.4 Å². The van der Waals surface area contributed by atoms with Gasteiger partial charge in [0.15, 0.2) is 0 Å². The van der Waals surface area contributed by atoms with Gasteiger partial charge in [0.1, 0.15) is 5.82 Å². The number of amides is 2. The average molecular weight is 330 g/mol. The molecule has 0 atom stereocenters. The largest absolute Gasteiger partial charge is 0.376 e. The van der Waals surface area contributed by atoms with E-state index in [0.717, 1.165) is 5.69 Å². The summed E-state index contributed by atoms with van der Waals surface area (Å²) in [6.45, 7) is 0. The van der Waals surface area contributed by atoms with Crippen LogP contribution in [-0.2, 0) is 4.79 Å². The molecule has 0 aliphatic carbocycles. The van der Waals surface area contributed by atoms with E-state index < -0.39 is 5.91 Å². The second-order valence-corrected chi connectivity index (χ2v) is 6.02. The van der Waals surface area contributed by atoms with Crippen LogP contribution in [0.2, 0.25) is 0 Å². The van der Waals surface area contributed by atoms with Crippen LogP contribution in [0, 0.1) is 0 Å². The van der Waals surface area contributed by atoms with Crippen molar-refractivity contribution in [2.24, 2.45) is 5.73 Å². The number of nitrogens with two attached hydrogens (primary N) is 1. The molecule has 120 valence electrons. The lowest BCUT2D eigenvalue weighted by molar-refractivity contribution is -0.115. The number of aromatic nitrogens is 1. The highest BCUT2D eigenvalue weighted by atomic mass is 32.2. The zero-order valence-corrected chi connectivity index (χ0v) is 13.8. The number of thioether (sulfide) groups is 1. The van der Waals surface area contributed by atoms with Gasteiger partial charge in [-0.05, 0) is 24.3 Å². The summed E-state index contributed by atoms with van der Waals surface area (Å²) in [5, 5.41) is 2.75. The first-order chi connectivity index (χ1) is 11.0. The molecule has 0 spiro atoms. The predicted molar refractivity (Wildman–Crippen MR) is 92.9 cm³/mol. The highest BCUT2D eigenvalue weighted by molar-refractivity contribution is 8.00. The maximum atomic E-state index is 12.4. The van der Waals surface area contributed by atoms with Crippen molar-refractivity contribution in [3.05, 3.63) is 48.2 Å². The topological polar surface area (TPSA) is 88.3 Å². The minimum absolute atomic E-state index is 0.125. The number of carbonyl (C=O) groups excluding carboxylic acids is 2. The Labute approximate surface area is 139 Å². The molecule has 2 rings (SSSR count). The van der Waals surface area contributed by atoms with E-state index in [2.05, 4.69) is 10.3 Å². The Hall–Kier alpha value is -2.54. The van der Waals surface area contributed by atoms with E-state index in [-0.39, 0.29) is 11.7 Å². The van der Waals surface area contributed by atoms with Gasteiger partial charge in [0.25, 0.3) is 5.91 Å². The fraction of sp³-hybridized carbons (Fsp3) is 0.188. The Balaban J connectivity index is 2.12. The number of rotatable bonds is 6. The van der Waals surface area contributed by atoms with Crippen molar-refractivity contribution in [1.29, 1.82) is 0 Å². The van der Waals surface area contributed by atoms with Gasteiger partial charge in [-0.1, -0.05) is 12.1 Å². The SMILES string of the molecule is CN(C)c1ccc(NC(=O)c2ccccc2SCC(N)=O)nc1. The van der Waals surface area contributed by atoms with Crippen molar-refractivity contribution in [2.45, 2.75) is 4.90 Å². The minimum atomic E-state index is -0.425. The number of primary amides is 1. The highest BCUT2D eigenvalue weighted by Gasteiger charge is 2.13. The normalized spacial score (nSPS) is 10.2. The maximum absolute atomic E-state index is 12.4. The molecule has 3 N–H and O–H groups in total. The number of nitrogens with one attached hydrogen (secondary N) is 1. The molecule has 1 aromatic heterocycles. The fourth-order valence-corrected chi connectivity index (χ4v) is 2.63. The van der Waals surface area contributed by atoms with Crippen molar-refractivity contribution in [3.8, 4) is 0 Å². The van der Waals surface area contributed by atoms with E-state index in [1.807, 2.05) is 31.1 Å². The van der Waals surface area contributed by atoms with Crippen molar-refractivity contribution in [3.63, 3.8) is 0 Å².